The second-order valence-electron chi connectivity index (χ2n) is 0. The monoisotopic (exact) mass is 273 g/mol. The summed E-state index contributed by atoms with van der Waals surface area (Å²) >= 11 is 0. The molecule has 4 heteroatoms. The Balaban J connectivity index is 0. The van der Waals surface area contributed by atoms with Gasteiger partial charge in [0, 0.05) is 25.8 Å². The van der Waals surface area contributed by atoms with Crippen molar-refractivity contribution in [2.45, 2.75) is 0 Å². The van der Waals surface area contributed by atoms with Gasteiger partial charge in [0.05, 0.1) is 0 Å². The molecule has 0 aromatic heterocycles. The molecule has 0 saturated carbocycles. The van der Waals surface area contributed by atoms with Crippen LogP contribution in [0.2, 0.25) is 0 Å². The normalized spacial score (nSPS) is 0. The Kier molecular flexibility index (Phi) is 273. The third kappa shape index (κ3) is 9.53. The number of hydrogen-bond acceptors (Lipinski definition) is 0. The molecule has 0 amide bonds. The van der Waals surface area contributed by atoms with Gasteiger partial charge >= 0.3 is 23.9 Å². The Hall–Kier alpha value is 1.59. The minimum absolute atomic E-state index is 0. The zero-order valence-electron chi connectivity index (χ0n) is 2.28. The second kappa shape index (κ2) is 23.4. The predicted octanol–water partition coefficient (Wildman–Crippen LogP) is -2.95. The van der Waals surface area contributed by atoms with Crippen LogP contribution in [0.4, 0.5) is 0 Å². The molecule has 2 nitrogen and oxygen atoms in total. The Labute approximate surface area is 60.3 Å². The first-order valence-electron chi connectivity index (χ1n) is 0. The van der Waals surface area contributed by atoms with Crippen molar-refractivity contribution >= 4 is 49.8 Å². The molecule has 0 aliphatic heterocycles. The van der Waals surface area contributed by atoms with E-state index in [4.69, 9.17) is 0 Å². The quantitative estimate of drug-likeness (QED) is 0.423. The van der Waals surface area contributed by atoms with Crippen LogP contribution in [-0.4, -0.2) is 60.7 Å². The minimum atomic E-state index is 0. The van der Waals surface area contributed by atoms with Gasteiger partial charge in [-0.3, -0.25) is 0 Å². The van der Waals surface area contributed by atoms with E-state index in [1.54, 1.807) is 0 Å². The fraction of sp³-hybridized carbons (Fsp3) is 0. The van der Waals surface area contributed by atoms with Gasteiger partial charge in [0.2, 0.25) is 0 Å². The molecule has 25 valence electrons. The molecule has 4 heavy (non-hydrogen) atoms. The van der Waals surface area contributed by atoms with Gasteiger partial charge in [-0.1, -0.05) is 0 Å². The summed E-state index contributed by atoms with van der Waals surface area (Å²) in [5.41, 5.74) is 0. The summed E-state index contributed by atoms with van der Waals surface area (Å²) in [7, 11) is 0. The van der Waals surface area contributed by atoms with Crippen LogP contribution in [0.5, 0.6) is 0 Å². The van der Waals surface area contributed by atoms with Crippen LogP contribution < -0.4 is 0 Å². The van der Waals surface area contributed by atoms with Crippen molar-refractivity contribution in [1.82, 2.24) is 0 Å². The summed E-state index contributed by atoms with van der Waals surface area (Å²) in [6, 6.07) is 0. The number of rotatable bonds is 0. The molecule has 0 aromatic rings. The molecule has 0 aliphatic carbocycles. The molecule has 5 radical (unpaired) electrons. The summed E-state index contributed by atoms with van der Waals surface area (Å²) in [5.74, 6) is 0. The van der Waals surface area contributed by atoms with Crippen molar-refractivity contribution in [1.29, 1.82) is 0 Å². The first-order chi connectivity index (χ1) is 0. The molecular formula is H6InO2Sn. The summed E-state index contributed by atoms with van der Waals surface area (Å²) in [5, 5.41) is 0. The van der Waals surface area contributed by atoms with Crippen molar-refractivity contribution in [2.24, 2.45) is 0 Å². The summed E-state index contributed by atoms with van der Waals surface area (Å²) in [6.45, 7) is 0. The fourth-order valence-corrected chi connectivity index (χ4v) is 0. The van der Waals surface area contributed by atoms with E-state index in [-0.39, 0.29) is 60.7 Å². The van der Waals surface area contributed by atoms with Crippen LogP contribution in [0.1, 0.15) is 0 Å². The third-order valence-electron chi connectivity index (χ3n) is 0. The van der Waals surface area contributed by atoms with E-state index in [2.05, 4.69) is 0 Å². The van der Waals surface area contributed by atoms with Gasteiger partial charge < -0.3 is 11.0 Å². The molecule has 0 aromatic carbocycles. The Morgan fingerprint density at radius 2 is 0.750 bits per heavy atom. The topological polar surface area (TPSA) is 63.0 Å². The Bertz CT molecular complexity index is 6.00. The zero-order valence-corrected chi connectivity index (χ0v) is 9.62. The third-order valence-corrected chi connectivity index (χ3v) is 0. The van der Waals surface area contributed by atoms with Gasteiger partial charge in [0.25, 0.3) is 0 Å². The predicted molar refractivity (Wildman–Crippen MR) is 21.5 cm³/mol. The van der Waals surface area contributed by atoms with Crippen molar-refractivity contribution in [3.8, 4) is 0 Å². The second-order valence-corrected chi connectivity index (χ2v) is 0. The maximum absolute atomic E-state index is 0. The average molecular weight is 272 g/mol. The molecule has 0 saturated heterocycles. The zero-order chi connectivity index (χ0) is 0. The van der Waals surface area contributed by atoms with E-state index in [0.717, 1.165) is 0 Å². The molecule has 0 fully saturated rings. The molecule has 0 atom stereocenters. The molecule has 0 bridgehead atoms. The summed E-state index contributed by atoms with van der Waals surface area (Å²) in [4.78, 5) is 0. The maximum atomic E-state index is 0. The van der Waals surface area contributed by atoms with Crippen LogP contribution in [-0.2, 0) is 0 Å². The van der Waals surface area contributed by atoms with E-state index in [1.807, 2.05) is 0 Å². The van der Waals surface area contributed by atoms with Crippen LogP contribution in [0, 0.1) is 0 Å². The van der Waals surface area contributed by atoms with Crippen LogP contribution in [0.15, 0.2) is 0 Å². The van der Waals surface area contributed by atoms with Gasteiger partial charge in [0.15, 0.2) is 0 Å². The molecule has 0 heterocycles. The molecule has 0 spiro atoms. The van der Waals surface area contributed by atoms with Crippen LogP contribution >= 0.6 is 0 Å². The first kappa shape index (κ1) is 46.6. The van der Waals surface area contributed by atoms with Gasteiger partial charge in [-0.25, -0.2) is 0 Å². The molecule has 0 rings (SSSR count). The van der Waals surface area contributed by atoms with Crippen molar-refractivity contribution in [2.75, 3.05) is 0 Å². The van der Waals surface area contributed by atoms with E-state index in [9.17, 15) is 0 Å². The Morgan fingerprint density at radius 3 is 0.750 bits per heavy atom. The van der Waals surface area contributed by atoms with Gasteiger partial charge in [0.1, 0.15) is 0 Å². The standard InChI is InChI=1S/In.2H2O.Sn.2H/h;2*1H2;;;. The van der Waals surface area contributed by atoms with Crippen LogP contribution in [0.25, 0.3) is 0 Å². The van der Waals surface area contributed by atoms with Gasteiger partial charge in [-0.15, -0.1) is 0 Å². The number of hydrogen-bond donors (Lipinski definition) is 0. The van der Waals surface area contributed by atoms with E-state index in [0.29, 0.717) is 0 Å². The fourth-order valence-electron chi connectivity index (χ4n) is 0. The summed E-state index contributed by atoms with van der Waals surface area (Å²) in [6.07, 6.45) is 0. The van der Waals surface area contributed by atoms with E-state index in [1.165, 1.54) is 0 Å². The average Bonchev–Trinajstić information content (AvgIpc) is 0. The van der Waals surface area contributed by atoms with Crippen molar-refractivity contribution < 1.29 is 11.0 Å². The summed E-state index contributed by atoms with van der Waals surface area (Å²) < 4.78 is 0. The molecule has 0 unspecified atom stereocenters. The van der Waals surface area contributed by atoms with Crippen molar-refractivity contribution in [3.05, 3.63) is 0 Å². The van der Waals surface area contributed by atoms with Gasteiger partial charge in [-0.2, -0.15) is 0 Å². The van der Waals surface area contributed by atoms with Gasteiger partial charge in [-0.05, 0) is 0 Å². The molecular weight excluding hydrogens is 266 g/mol. The van der Waals surface area contributed by atoms with E-state index >= 15 is 0 Å². The van der Waals surface area contributed by atoms with E-state index < -0.39 is 0 Å². The molecule has 0 aliphatic rings. The Morgan fingerprint density at radius 1 is 0.750 bits per heavy atom. The van der Waals surface area contributed by atoms with Crippen molar-refractivity contribution in [3.63, 3.8) is 0 Å². The molecule has 4 N–H and O–H groups in total. The first-order valence-corrected chi connectivity index (χ1v) is 0. The SMILES string of the molecule is O.O.[In].[SnH2]. The van der Waals surface area contributed by atoms with Crippen LogP contribution in [0.3, 0.4) is 0 Å².